The lowest BCUT2D eigenvalue weighted by molar-refractivity contribution is -0.120. The summed E-state index contributed by atoms with van der Waals surface area (Å²) >= 11 is 9.31. The molecular weight excluding hydrogens is 390 g/mol. The Kier molecular flexibility index (Phi) is 6.71. The van der Waals surface area contributed by atoms with Gasteiger partial charge in [0.05, 0.1) is 21.6 Å². The summed E-state index contributed by atoms with van der Waals surface area (Å²) < 4.78 is 5.27. The summed E-state index contributed by atoms with van der Waals surface area (Å²) in [5.41, 5.74) is 0.706. The normalized spacial score (nSPS) is 12.1. The van der Waals surface area contributed by atoms with Crippen molar-refractivity contribution in [2.45, 2.75) is 24.3 Å². The molecule has 8 heteroatoms. The summed E-state index contributed by atoms with van der Waals surface area (Å²) in [6.07, 6.45) is 0.854. The van der Waals surface area contributed by atoms with Crippen LogP contribution in [0.3, 0.4) is 0 Å². The summed E-state index contributed by atoms with van der Waals surface area (Å²) in [5, 5.41) is 9.33. The van der Waals surface area contributed by atoms with Gasteiger partial charge in [-0.25, -0.2) is 0 Å². The zero-order valence-electron chi connectivity index (χ0n) is 14.1. The second-order valence-corrected chi connectivity index (χ2v) is 8.34. The molecule has 0 saturated heterocycles. The summed E-state index contributed by atoms with van der Waals surface area (Å²) in [5.74, 6) is 1.44. The highest BCUT2D eigenvalue weighted by molar-refractivity contribution is 7.99. The Morgan fingerprint density at radius 1 is 1.35 bits per heavy atom. The number of halogens is 1. The van der Waals surface area contributed by atoms with Crippen molar-refractivity contribution in [3.05, 3.63) is 57.5 Å². The molecule has 0 radical (unpaired) electrons. The average molecular weight is 408 g/mol. The first kappa shape index (κ1) is 18.9. The van der Waals surface area contributed by atoms with E-state index in [1.807, 2.05) is 36.6 Å². The van der Waals surface area contributed by atoms with Crippen molar-refractivity contribution in [2.75, 3.05) is 6.54 Å². The quantitative estimate of drug-likeness (QED) is 0.598. The third-order valence-electron chi connectivity index (χ3n) is 3.65. The Hall–Kier alpha value is -1.83. The van der Waals surface area contributed by atoms with Crippen LogP contribution in [0.1, 0.15) is 17.6 Å². The van der Waals surface area contributed by atoms with Crippen LogP contribution in [-0.4, -0.2) is 27.8 Å². The number of benzene rings is 1. The molecule has 1 aromatic carbocycles. The first-order chi connectivity index (χ1) is 12.6. The summed E-state index contributed by atoms with van der Waals surface area (Å²) in [7, 11) is 0. The number of carbonyl (C=O) groups is 1. The maximum Gasteiger partial charge on any atom is 0.259 e. The van der Waals surface area contributed by atoms with Gasteiger partial charge in [-0.3, -0.25) is 4.79 Å². The second-order valence-electron chi connectivity index (χ2n) is 5.57. The minimum absolute atomic E-state index is 0.0152. The molecule has 0 aliphatic rings. The molecule has 1 unspecified atom stereocenters. The minimum Gasteiger partial charge on any atom is -0.355 e. The van der Waals surface area contributed by atoms with Gasteiger partial charge in [-0.2, -0.15) is 4.98 Å². The van der Waals surface area contributed by atoms with Crippen LogP contribution in [0.2, 0.25) is 5.02 Å². The monoisotopic (exact) mass is 407 g/mol. The highest BCUT2D eigenvalue weighted by atomic mass is 35.5. The first-order valence-electron chi connectivity index (χ1n) is 8.12. The number of aromatic nitrogens is 2. The highest BCUT2D eigenvalue weighted by Gasteiger charge is 2.16. The predicted octanol–water partition coefficient (Wildman–Crippen LogP) is 4.43. The van der Waals surface area contributed by atoms with E-state index in [-0.39, 0.29) is 11.2 Å². The Balaban J connectivity index is 1.46. The first-order valence-corrected chi connectivity index (χ1v) is 10.4. The van der Waals surface area contributed by atoms with Crippen LogP contribution >= 0.6 is 34.7 Å². The molecule has 1 atom stereocenters. The lowest BCUT2D eigenvalue weighted by Crippen LogP contribution is -2.32. The fourth-order valence-corrected chi connectivity index (χ4v) is 3.92. The van der Waals surface area contributed by atoms with E-state index < -0.39 is 0 Å². The predicted molar refractivity (Wildman–Crippen MR) is 107 cm³/mol. The molecule has 3 rings (SSSR count). The van der Waals surface area contributed by atoms with Crippen LogP contribution in [0, 0.1) is 0 Å². The van der Waals surface area contributed by atoms with E-state index in [4.69, 9.17) is 16.1 Å². The molecule has 136 valence electrons. The molecule has 2 aromatic heterocycles. The average Bonchev–Trinajstić information content (AvgIpc) is 3.32. The van der Waals surface area contributed by atoms with Crippen molar-refractivity contribution in [1.29, 1.82) is 0 Å². The molecule has 1 amide bonds. The molecule has 0 saturated carbocycles. The number of thioether (sulfide) groups is 1. The van der Waals surface area contributed by atoms with Gasteiger partial charge in [-0.05, 0) is 36.9 Å². The van der Waals surface area contributed by atoms with Crippen molar-refractivity contribution in [3.63, 3.8) is 0 Å². The Labute approximate surface area is 165 Å². The van der Waals surface area contributed by atoms with E-state index in [1.165, 1.54) is 16.6 Å². The summed E-state index contributed by atoms with van der Waals surface area (Å²) in [6, 6.07) is 11.4. The number of nitrogens with zero attached hydrogens (tertiary/aromatic N) is 2. The van der Waals surface area contributed by atoms with Crippen LogP contribution in [0.5, 0.6) is 0 Å². The van der Waals surface area contributed by atoms with Gasteiger partial charge in [0, 0.05) is 11.4 Å². The molecule has 1 N–H and O–H groups in total. The van der Waals surface area contributed by atoms with E-state index in [0.29, 0.717) is 34.6 Å². The van der Waals surface area contributed by atoms with Crippen LogP contribution in [0.15, 0.2) is 46.3 Å². The molecule has 0 spiro atoms. The Bertz CT molecular complexity index is 852. The molecule has 2 heterocycles. The van der Waals surface area contributed by atoms with E-state index in [1.54, 1.807) is 17.4 Å². The van der Waals surface area contributed by atoms with Gasteiger partial charge in [0.25, 0.3) is 5.89 Å². The Morgan fingerprint density at radius 2 is 2.19 bits per heavy atom. The molecule has 26 heavy (non-hydrogen) atoms. The van der Waals surface area contributed by atoms with Crippen molar-refractivity contribution < 1.29 is 9.32 Å². The maximum absolute atomic E-state index is 12.2. The zero-order valence-corrected chi connectivity index (χ0v) is 16.5. The molecule has 0 aliphatic carbocycles. The molecule has 5 nitrogen and oxygen atoms in total. The van der Waals surface area contributed by atoms with Gasteiger partial charge < -0.3 is 9.84 Å². The van der Waals surface area contributed by atoms with Crippen molar-refractivity contribution in [3.8, 4) is 11.5 Å². The number of nitrogens with one attached hydrogen (secondary N) is 1. The lowest BCUT2D eigenvalue weighted by atomic mass is 10.2. The summed E-state index contributed by atoms with van der Waals surface area (Å²) in [4.78, 5) is 17.8. The standard InChI is InChI=1S/C18H18ClN3O2S2/c1-12(17(23)20-9-8-13-5-4-10-25-13)26-11-16-21-18(24-22-16)14-6-2-3-7-15(14)19/h2-7,10,12H,8-9,11H2,1H3,(H,20,23). The topological polar surface area (TPSA) is 68.0 Å². The highest BCUT2D eigenvalue weighted by Crippen LogP contribution is 2.26. The smallest absolute Gasteiger partial charge is 0.259 e. The maximum atomic E-state index is 12.2. The number of rotatable bonds is 8. The van der Waals surface area contributed by atoms with Gasteiger partial charge in [-0.15, -0.1) is 23.1 Å². The van der Waals surface area contributed by atoms with Crippen molar-refractivity contribution in [1.82, 2.24) is 15.5 Å². The fourth-order valence-electron chi connectivity index (χ4n) is 2.24. The molecular formula is C18H18ClN3O2S2. The van der Waals surface area contributed by atoms with Crippen LogP contribution in [0.4, 0.5) is 0 Å². The third-order valence-corrected chi connectivity index (χ3v) is 6.06. The van der Waals surface area contributed by atoms with Crippen molar-refractivity contribution in [2.24, 2.45) is 0 Å². The fraction of sp³-hybridized carbons (Fsp3) is 0.278. The van der Waals surface area contributed by atoms with Crippen molar-refractivity contribution >= 4 is 40.6 Å². The zero-order chi connectivity index (χ0) is 18.4. The number of amides is 1. The van der Waals surface area contributed by atoms with Crippen LogP contribution in [-0.2, 0) is 17.0 Å². The van der Waals surface area contributed by atoms with E-state index in [0.717, 1.165) is 6.42 Å². The summed E-state index contributed by atoms with van der Waals surface area (Å²) in [6.45, 7) is 2.52. The van der Waals surface area contributed by atoms with Gasteiger partial charge in [0.2, 0.25) is 5.91 Å². The second kappa shape index (κ2) is 9.21. The SMILES string of the molecule is CC(SCc1noc(-c2ccccc2Cl)n1)C(=O)NCCc1cccs1. The third kappa shape index (κ3) is 5.09. The van der Waals surface area contributed by atoms with E-state index >= 15 is 0 Å². The van der Waals surface area contributed by atoms with Crippen LogP contribution < -0.4 is 5.32 Å². The molecule has 0 fully saturated rings. The molecule has 0 bridgehead atoms. The number of thiophene rings is 1. The van der Waals surface area contributed by atoms with Gasteiger partial charge >= 0.3 is 0 Å². The van der Waals surface area contributed by atoms with Gasteiger partial charge in [0.15, 0.2) is 5.82 Å². The van der Waals surface area contributed by atoms with Gasteiger partial charge in [-0.1, -0.05) is 35.0 Å². The number of hydrogen-bond acceptors (Lipinski definition) is 6. The van der Waals surface area contributed by atoms with E-state index in [9.17, 15) is 4.79 Å². The lowest BCUT2D eigenvalue weighted by Gasteiger charge is -2.10. The van der Waals surface area contributed by atoms with Crippen LogP contribution in [0.25, 0.3) is 11.5 Å². The van der Waals surface area contributed by atoms with E-state index in [2.05, 4.69) is 21.5 Å². The number of carbonyl (C=O) groups excluding carboxylic acids is 1. The molecule has 3 aromatic rings. The largest absolute Gasteiger partial charge is 0.355 e. The minimum atomic E-state index is -0.194. The van der Waals surface area contributed by atoms with Gasteiger partial charge in [0.1, 0.15) is 0 Å². The molecule has 0 aliphatic heterocycles. The Morgan fingerprint density at radius 3 is 2.96 bits per heavy atom. The number of hydrogen-bond donors (Lipinski definition) is 1.